The number of aldehydes is 1. The number of hydrogen-bond acceptors (Lipinski definition) is 13. The third-order valence-electron chi connectivity index (χ3n) is 15.3. The maximum absolute atomic E-state index is 10.4. The number of nitrogens with one attached hydrogen (secondary N) is 1. The molecule has 0 saturated carbocycles. The van der Waals surface area contributed by atoms with E-state index in [1.54, 1.807) is 14.2 Å². The quantitative estimate of drug-likeness (QED) is 0.0463. The first kappa shape index (κ1) is 60.2. The molecule has 0 bridgehead atoms. The highest BCUT2D eigenvalue weighted by atomic mass is 19.4. The molecule has 0 aliphatic carbocycles. The van der Waals surface area contributed by atoms with Gasteiger partial charge in [0.15, 0.2) is 11.6 Å². The Bertz CT molecular complexity index is 3050. The van der Waals surface area contributed by atoms with Gasteiger partial charge in [-0.25, -0.2) is 19.9 Å². The third kappa shape index (κ3) is 15.7. The molecule has 15 nitrogen and oxygen atoms in total. The molecular formula is C61H87F3N12O3. The largest absolute Gasteiger partial charge is 0.497 e. The van der Waals surface area contributed by atoms with Crippen LogP contribution in [0.4, 0.5) is 36.2 Å². The van der Waals surface area contributed by atoms with Crippen LogP contribution in [0.2, 0.25) is 0 Å². The van der Waals surface area contributed by atoms with Crippen molar-refractivity contribution >= 4 is 73.2 Å². The van der Waals surface area contributed by atoms with Crippen molar-refractivity contribution in [3.63, 3.8) is 0 Å². The summed E-state index contributed by atoms with van der Waals surface area (Å²) in [4.78, 5) is 38.7. The number of nitrogens with two attached hydrogens (primary N) is 1. The molecule has 0 spiro atoms. The van der Waals surface area contributed by atoms with Gasteiger partial charge in [-0.1, -0.05) is 79.1 Å². The summed E-state index contributed by atoms with van der Waals surface area (Å²) in [7, 11) is 7.77. The van der Waals surface area contributed by atoms with E-state index in [0.717, 1.165) is 149 Å². The number of fused-ring (bicyclic) bond motifs is 6. The Hall–Kier alpha value is -6.40. The Morgan fingerprint density at radius 2 is 1.08 bits per heavy atom. The van der Waals surface area contributed by atoms with E-state index >= 15 is 0 Å². The minimum Gasteiger partial charge on any atom is -0.497 e. The fraction of sp³-hybridized carbons (Fsp3) is 0.557. The molecule has 79 heavy (non-hydrogen) atoms. The van der Waals surface area contributed by atoms with E-state index in [4.69, 9.17) is 39.9 Å². The minimum atomic E-state index is -4.64. The highest BCUT2D eigenvalue weighted by molar-refractivity contribution is 6.09. The van der Waals surface area contributed by atoms with Crippen molar-refractivity contribution < 1.29 is 27.4 Å². The van der Waals surface area contributed by atoms with Crippen LogP contribution in [-0.4, -0.2) is 132 Å². The molecule has 6 heterocycles. The Morgan fingerprint density at radius 1 is 0.595 bits per heavy atom. The Labute approximate surface area is 466 Å². The predicted octanol–water partition coefficient (Wildman–Crippen LogP) is 12.5. The number of likely N-dealkylation sites (N-methyl/N-ethyl adjacent to an activating group) is 2. The van der Waals surface area contributed by atoms with Gasteiger partial charge in [-0.3, -0.25) is 4.79 Å². The molecule has 0 unspecified atom stereocenters. The van der Waals surface area contributed by atoms with Crippen molar-refractivity contribution in [2.75, 3.05) is 102 Å². The van der Waals surface area contributed by atoms with Crippen molar-refractivity contribution in [3.05, 3.63) is 71.8 Å². The molecule has 4 aromatic heterocycles. The third-order valence-corrected chi connectivity index (χ3v) is 15.3. The summed E-state index contributed by atoms with van der Waals surface area (Å²) in [5, 5.41) is 6.02. The lowest BCUT2D eigenvalue weighted by Crippen LogP contribution is -2.44. The number of hydrogen-bond donors (Lipinski definition) is 2. The first-order valence-corrected chi connectivity index (χ1v) is 29.0. The number of imidazole rings is 2. The highest BCUT2D eigenvalue weighted by Gasteiger charge is 2.25. The van der Waals surface area contributed by atoms with Crippen molar-refractivity contribution in [1.82, 2.24) is 38.9 Å². The predicted molar refractivity (Wildman–Crippen MR) is 318 cm³/mol. The lowest BCUT2D eigenvalue weighted by molar-refractivity contribution is -0.156. The molecular weight excluding hydrogens is 1010 g/mol. The molecule has 0 amide bonds. The lowest BCUT2D eigenvalue weighted by atomic mass is 10.1. The summed E-state index contributed by atoms with van der Waals surface area (Å²) in [6.07, 6.45) is 10.7. The van der Waals surface area contributed by atoms with E-state index < -0.39 is 12.5 Å². The number of carbonyl (C=O) groups is 1. The maximum atomic E-state index is 10.4. The van der Waals surface area contributed by atoms with Gasteiger partial charge < -0.3 is 49.3 Å². The van der Waals surface area contributed by atoms with Crippen LogP contribution < -0.4 is 30.3 Å². The Balaban J connectivity index is 0.000000215. The number of anilines is 4. The number of halogens is 3. The number of carbonyl (C=O) groups excluding carboxylic acids is 1. The van der Waals surface area contributed by atoms with Gasteiger partial charge in [-0.15, -0.1) is 0 Å². The van der Waals surface area contributed by atoms with E-state index in [1.807, 2.05) is 18.2 Å². The molecule has 2 aliphatic heterocycles. The van der Waals surface area contributed by atoms with E-state index in [0.29, 0.717) is 12.4 Å². The number of unbranched alkanes of at least 4 members (excludes halogenated alkanes) is 8. The molecule has 2 fully saturated rings. The van der Waals surface area contributed by atoms with Gasteiger partial charge >= 0.3 is 6.18 Å². The smallest absolute Gasteiger partial charge is 0.446 e. The second-order valence-corrected chi connectivity index (χ2v) is 21.2. The number of ether oxygens (including phenoxy) is 2. The van der Waals surface area contributed by atoms with Gasteiger partial charge in [0.2, 0.25) is 6.29 Å². The van der Waals surface area contributed by atoms with Crippen LogP contribution >= 0.6 is 0 Å². The maximum Gasteiger partial charge on any atom is 0.446 e. The first-order valence-electron chi connectivity index (χ1n) is 29.0. The zero-order valence-electron chi connectivity index (χ0n) is 48.4. The summed E-state index contributed by atoms with van der Waals surface area (Å²) in [6.45, 7) is 20.2. The van der Waals surface area contributed by atoms with Crippen molar-refractivity contribution in [1.29, 1.82) is 0 Å². The summed E-state index contributed by atoms with van der Waals surface area (Å²) < 4.78 is 47.3. The number of nitrogens with zero attached hydrogens (tertiary/aromatic N) is 10. The van der Waals surface area contributed by atoms with Crippen molar-refractivity contribution in [3.8, 4) is 11.5 Å². The van der Waals surface area contributed by atoms with Gasteiger partial charge in [0, 0.05) is 119 Å². The Kier molecular flexibility index (Phi) is 22.2. The number of nitrogen functional groups attached to an aromatic ring is 1. The van der Waals surface area contributed by atoms with E-state index in [2.05, 4.69) is 112 Å². The average Bonchev–Trinajstić information content (AvgIpc) is 4.25. The van der Waals surface area contributed by atoms with Crippen LogP contribution in [0.1, 0.15) is 122 Å². The van der Waals surface area contributed by atoms with Gasteiger partial charge in [-0.2, -0.15) is 13.2 Å². The number of pyridine rings is 2. The number of methoxy groups -OCH3 is 2. The molecule has 3 N–H and O–H groups in total. The molecule has 7 aromatic rings. The van der Waals surface area contributed by atoms with Crippen LogP contribution in [0.25, 0.3) is 43.9 Å². The van der Waals surface area contributed by atoms with Crippen LogP contribution in [0, 0.1) is 0 Å². The van der Waals surface area contributed by atoms with Gasteiger partial charge in [0.1, 0.15) is 34.2 Å². The zero-order chi connectivity index (χ0) is 56.5. The van der Waals surface area contributed by atoms with Crippen LogP contribution in [0.3, 0.4) is 0 Å². The number of benzene rings is 3. The van der Waals surface area contributed by atoms with Crippen molar-refractivity contribution in [2.45, 2.75) is 143 Å². The molecule has 0 atom stereocenters. The number of piperazine rings is 2. The fourth-order valence-electron chi connectivity index (χ4n) is 10.6. The first-order chi connectivity index (χ1) is 38.2. The van der Waals surface area contributed by atoms with Gasteiger partial charge in [0.05, 0.1) is 36.3 Å². The highest BCUT2D eigenvalue weighted by Crippen LogP contribution is 2.36. The molecule has 430 valence electrons. The standard InChI is InChI=1S/C34H48N6O2.C25H38N6.C2HF3O/c1-6-8-10-11-17-40-31(12-9-7-2)37-32-33(40)28-22-26(39-20-18-38(3)19-21-39)14-16-29(28)36-34(32)35-24-25-13-15-27(41-4)23-30(25)42-5;1-4-6-8-9-13-31-22(10-7-5-2)28-23-24(31)20-18-19(11-12-21(20)27-25(23)26)30-16-14-29(3)15-17-30;3-2(4,5)1-6/h13-16,22-23H,6-12,17-21,24H2,1-5H3,(H,35,36);11-12,18H,4-10,13-17H2,1-3H3,(H2,26,27);1H. The van der Waals surface area contributed by atoms with Gasteiger partial charge in [0.25, 0.3) is 0 Å². The second-order valence-electron chi connectivity index (χ2n) is 21.2. The average molecular weight is 1090 g/mol. The number of aromatic nitrogens is 6. The summed E-state index contributed by atoms with van der Waals surface area (Å²) >= 11 is 0. The summed E-state index contributed by atoms with van der Waals surface area (Å²) in [5.41, 5.74) is 16.2. The molecule has 18 heteroatoms. The molecule has 2 saturated heterocycles. The fourth-order valence-corrected chi connectivity index (χ4v) is 10.6. The van der Waals surface area contributed by atoms with E-state index in [-0.39, 0.29) is 0 Å². The summed E-state index contributed by atoms with van der Waals surface area (Å²) in [5.74, 6) is 5.29. The molecule has 0 radical (unpaired) electrons. The summed E-state index contributed by atoms with van der Waals surface area (Å²) in [6, 6.07) is 19.4. The minimum absolute atomic E-state index is 0.555. The van der Waals surface area contributed by atoms with E-state index in [1.165, 1.54) is 96.2 Å². The number of rotatable bonds is 23. The molecule has 2 aliphatic rings. The second kappa shape index (κ2) is 29.2. The zero-order valence-corrected chi connectivity index (χ0v) is 48.4. The topological polar surface area (TPSA) is 148 Å². The van der Waals surface area contributed by atoms with Gasteiger partial charge in [-0.05, 0) is 88.3 Å². The molecule has 3 aromatic carbocycles. The van der Waals surface area contributed by atoms with Crippen LogP contribution in [0.15, 0.2) is 54.6 Å². The number of aryl methyl sites for hydroxylation is 4. The SMILES string of the molecule is CCCCCCn1c(CCCC)nc2c(N)nc3ccc(N4CCN(C)CC4)cc3c21.CCCCCCn1c(CCCC)nc2c(NCc3ccc(OC)cc3OC)nc3ccc(N4CCN(C)CC4)cc3c21.O=CC(F)(F)F. The number of alkyl halides is 3. The Morgan fingerprint density at radius 3 is 1.54 bits per heavy atom. The van der Waals surface area contributed by atoms with Crippen molar-refractivity contribution in [2.24, 2.45) is 0 Å². The normalized spacial score (nSPS) is 14.4. The molecule has 9 rings (SSSR count). The lowest BCUT2D eigenvalue weighted by Gasteiger charge is -2.34. The van der Waals surface area contributed by atoms with Crippen LogP contribution in [-0.2, 0) is 37.3 Å². The monoisotopic (exact) mass is 1090 g/mol. The van der Waals surface area contributed by atoms with Crippen LogP contribution in [0.5, 0.6) is 11.5 Å². The van der Waals surface area contributed by atoms with E-state index in [9.17, 15) is 13.2 Å².